The predicted molar refractivity (Wildman–Crippen MR) is 75.7 cm³/mol. The van der Waals surface area contributed by atoms with Gasteiger partial charge in [-0.25, -0.2) is 4.98 Å². The smallest absolute Gasteiger partial charge is 0.253 e. The second-order valence-corrected chi connectivity index (χ2v) is 5.99. The summed E-state index contributed by atoms with van der Waals surface area (Å²) in [6.07, 6.45) is 5.00. The Morgan fingerprint density at radius 3 is 3.06 bits per heavy atom. The monoisotopic (exact) mass is 265 g/mol. The number of amides is 1. The van der Waals surface area contributed by atoms with Crippen LogP contribution in [0.2, 0.25) is 0 Å². The molecule has 1 heterocycles. The Morgan fingerprint density at radius 1 is 1.56 bits per heavy atom. The number of anilines is 1. The molecule has 2 rings (SSSR count). The van der Waals surface area contributed by atoms with E-state index in [1.165, 1.54) is 19.0 Å². The second kappa shape index (κ2) is 6.09. The van der Waals surface area contributed by atoms with Gasteiger partial charge in [0.15, 0.2) is 0 Å². The van der Waals surface area contributed by atoms with Gasteiger partial charge in [0.1, 0.15) is 5.82 Å². The van der Waals surface area contributed by atoms with E-state index in [0.29, 0.717) is 22.7 Å². The fourth-order valence-electron chi connectivity index (χ4n) is 2.30. The molecule has 18 heavy (non-hydrogen) atoms. The number of nitrogens with two attached hydrogens (primary N) is 1. The third-order valence-electron chi connectivity index (χ3n) is 3.20. The molecule has 98 valence electrons. The number of nitrogen functional groups attached to an aromatic ring is 1. The summed E-state index contributed by atoms with van der Waals surface area (Å²) in [5.74, 6) is 1.49. The van der Waals surface area contributed by atoms with Crippen LogP contribution in [0.15, 0.2) is 18.3 Å². The number of rotatable bonds is 4. The third kappa shape index (κ3) is 3.16. The van der Waals surface area contributed by atoms with Crippen LogP contribution in [-0.4, -0.2) is 27.9 Å². The lowest BCUT2D eigenvalue weighted by atomic mass is 10.2. The fraction of sp³-hybridized carbons (Fsp3) is 0.538. The van der Waals surface area contributed by atoms with Crippen molar-refractivity contribution in [1.82, 2.24) is 10.3 Å². The summed E-state index contributed by atoms with van der Waals surface area (Å²) in [4.78, 5) is 16.0. The van der Waals surface area contributed by atoms with E-state index in [9.17, 15) is 4.79 Å². The molecule has 3 N–H and O–H groups in total. The van der Waals surface area contributed by atoms with Crippen molar-refractivity contribution < 1.29 is 4.79 Å². The molecule has 1 fully saturated rings. The minimum Gasteiger partial charge on any atom is -0.384 e. The molecular formula is C13H19N3OS. The van der Waals surface area contributed by atoms with Gasteiger partial charge in [0.05, 0.1) is 5.56 Å². The molecule has 4 nitrogen and oxygen atoms in total. The number of thioether (sulfide) groups is 1. The van der Waals surface area contributed by atoms with Crippen LogP contribution < -0.4 is 11.1 Å². The lowest BCUT2D eigenvalue weighted by Gasteiger charge is -2.20. The Hall–Kier alpha value is -1.23. The van der Waals surface area contributed by atoms with E-state index in [2.05, 4.69) is 17.2 Å². The van der Waals surface area contributed by atoms with Crippen molar-refractivity contribution in [3.05, 3.63) is 23.9 Å². The van der Waals surface area contributed by atoms with Gasteiger partial charge in [0.2, 0.25) is 0 Å². The molecule has 0 bridgehead atoms. The van der Waals surface area contributed by atoms with Crippen LogP contribution in [0.4, 0.5) is 5.82 Å². The normalized spacial score (nSPS) is 22.9. The van der Waals surface area contributed by atoms with E-state index in [1.54, 1.807) is 12.1 Å². The van der Waals surface area contributed by atoms with Gasteiger partial charge in [-0.2, -0.15) is 11.8 Å². The van der Waals surface area contributed by atoms with Gasteiger partial charge in [0, 0.05) is 17.5 Å². The summed E-state index contributed by atoms with van der Waals surface area (Å²) in [5.41, 5.74) is 6.09. The van der Waals surface area contributed by atoms with Gasteiger partial charge in [-0.1, -0.05) is 13.3 Å². The molecular weight excluding hydrogens is 246 g/mol. The maximum atomic E-state index is 12.1. The molecule has 5 heteroatoms. The van der Waals surface area contributed by atoms with Crippen LogP contribution in [0.3, 0.4) is 0 Å². The summed E-state index contributed by atoms with van der Waals surface area (Å²) < 4.78 is 0. The largest absolute Gasteiger partial charge is 0.384 e. The van der Waals surface area contributed by atoms with Gasteiger partial charge in [0.25, 0.3) is 5.91 Å². The van der Waals surface area contributed by atoms with Crippen LogP contribution in [-0.2, 0) is 0 Å². The highest BCUT2D eigenvalue weighted by atomic mass is 32.2. The van der Waals surface area contributed by atoms with Crippen molar-refractivity contribution in [2.24, 2.45) is 0 Å². The Balaban J connectivity index is 1.96. The lowest BCUT2D eigenvalue weighted by molar-refractivity contribution is 0.0938. The average Bonchev–Trinajstić information content (AvgIpc) is 2.78. The number of nitrogens with one attached hydrogen (secondary N) is 1. The molecule has 1 saturated carbocycles. The highest BCUT2D eigenvalue weighted by Gasteiger charge is 2.28. The van der Waals surface area contributed by atoms with Gasteiger partial charge in [-0.15, -0.1) is 0 Å². The Kier molecular flexibility index (Phi) is 4.47. The van der Waals surface area contributed by atoms with Crippen molar-refractivity contribution in [3.63, 3.8) is 0 Å². The van der Waals surface area contributed by atoms with Crippen LogP contribution in [0.25, 0.3) is 0 Å². The van der Waals surface area contributed by atoms with Crippen molar-refractivity contribution in [3.8, 4) is 0 Å². The molecule has 2 atom stereocenters. The molecule has 0 saturated heterocycles. The third-order valence-corrected chi connectivity index (χ3v) is 4.52. The molecule has 0 radical (unpaired) electrons. The highest BCUT2D eigenvalue weighted by molar-refractivity contribution is 7.99. The zero-order chi connectivity index (χ0) is 13.0. The van der Waals surface area contributed by atoms with E-state index >= 15 is 0 Å². The topological polar surface area (TPSA) is 68.0 Å². The molecule has 0 aromatic carbocycles. The van der Waals surface area contributed by atoms with Gasteiger partial charge in [-0.3, -0.25) is 4.79 Å². The van der Waals surface area contributed by atoms with Gasteiger partial charge < -0.3 is 11.1 Å². The van der Waals surface area contributed by atoms with Crippen molar-refractivity contribution in [2.45, 2.75) is 37.5 Å². The van der Waals surface area contributed by atoms with E-state index in [-0.39, 0.29) is 5.91 Å². The Labute approximate surface area is 112 Å². The maximum absolute atomic E-state index is 12.1. The molecule has 1 amide bonds. The zero-order valence-corrected chi connectivity index (χ0v) is 11.4. The van der Waals surface area contributed by atoms with E-state index in [4.69, 9.17) is 5.73 Å². The highest BCUT2D eigenvalue weighted by Crippen LogP contribution is 2.30. The standard InChI is InChI=1S/C13H19N3OS/c1-2-18-11-5-3-4-10(11)16-13(17)9-6-7-12(14)15-8-9/h6-8,10-11H,2-5H2,1H3,(H2,14,15)(H,16,17). The molecule has 0 aliphatic heterocycles. The van der Waals surface area contributed by atoms with Crippen LogP contribution in [0.1, 0.15) is 36.5 Å². The Bertz CT molecular complexity index is 407. The predicted octanol–water partition coefficient (Wildman–Crippen LogP) is 2.07. The van der Waals surface area contributed by atoms with Crippen LogP contribution in [0.5, 0.6) is 0 Å². The van der Waals surface area contributed by atoms with Crippen molar-refractivity contribution in [2.75, 3.05) is 11.5 Å². The fourth-order valence-corrected chi connectivity index (χ4v) is 3.49. The van der Waals surface area contributed by atoms with Crippen molar-refractivity contribution >= 4 is 23.5 Å². The number of hydrogen-bond donors (Lipinski definition) is 2. The number of pyridine rings is 1. The maximum Gasteiger partial charge on any atom is 0.253 e. The van der Waals surface area contributed by atoms with Gasteiger partial charge >= 0.3 is 0 Å². The van der Waals surface area contributed by atoms with E-state index in [0.717, 1.165) is 12.2 Å². The van der Waals surface area contributed by atoms with Crippen LogP contribution in [0, 0.1) is 0 Å². The second-order valence-electron chi connectivity index (χ2n) is 4.48. The molecule has 1 aliphatic rings. The minimum absolute atomic E-state index is 0.0453. The molecule has 1 aliphatic carbocycles. The minimum atomic E-state index is -0.0453. The van der Waals surface area contributed by atoms with Crippen LogP contribution >= 0.6 is 11.8 Å². The first-order valence-corrected chi connectivity index (χ1v) is 7.39. The van der Waals surface area contributed by atoms with Gasteiger partial charge in [-0.05, 0) is 30.7 Å². The van der Waals surface area contributed by atoms with Crippen molar-refractivity contribution in [1.29, 1.82) is 0 Å². The number of nitrogens with zero attached hydrogens (tertiary/aromatic N) is 1. The SMILES string of the molecule is CCSC1CCCC1NC(=O)c1ccc(N)nc1. The first kappa shape index (κ1) is 13.2. The molecule has 0 spiro atoms. The quantitative estimate of drug-likeness (QED) is 0.874. The summed E-state index contributed by atoms with van der Waals surface area (Å²) in [5, 5.41) is 3.67. The lowest BCUT2D eigenvalue weighted by Crippen LogP contribution is -2.38. The molecule has 2 unspecified atom stereocenters. The number of carbonyl (C=O) groups is 1. The molecule has 1 aromatic rings. The average molecular weight is 265 g/mol. The Morgan fingerprint density at radius 2 is 2.39 bits per heavy atom. The number of aromatic nitrogens is 1. The molecule has 1 aromatic heterocycles. The number of carbonyl (C=O) groups excluding carboxylic acids is 1. The zero-order valence-electron chi connectivity index (χ0n) is 10.6. The number of hydrogen-bond acceptors (Lipinski definition) is 4. The van der Waals surface area contributed by atoms with E-state index < -0.39 is 0 Å². The summed E-state index contributed by atoms with van der Waals surface area (Å²) in [7, 11) is 0. The summed E-state index contributed by atoms with van der Waals surface area (Å²) in [6, 6.07) is 3.66. The summed E-state index contributed by atoms with van der Waals surface area (Å²) in [6.45, 7) is 2.16. The first-order valence-electron chi connectivity index (χ1n) is 6.34. The summed E-state index contributed by atoms with van der Waals surface area (Å²) >= 11 is 1.94. The van der Waals surface area contributed by atoms with E-state index in [1.807, 2.05) is 11.8 Å². The first-order chi connectivity index (χ1) is 8.70.